The van der Waals surface area contributed by atoms with Gasteiger partial charge < -0.3 is 11.1 Å². The van der Waals surface area contributed by atoms with Crippen molar-refractivity contribution < 1.29 is 9.18 Å². The number of nitrogens with one attached hydrogen (secondary N) is 1. The number of rotatable bonds is 5. The maximum Gasteiger partial charge on any atom is 0.252 e. The minimum absolute atomic E-state index is 0.165. The van der Waals surface area contributed by atoms with Crippen LogP contribution in [0.1, 0.15) is 23.2 Å². The number of hydrogen-bond donors (Lipinski definition) is 2. The first-order valence-electron chi connectivity index (χ1n) is 5.08. The molecular weight excluding hydrogens is 322 g/mol. The van der Waals surface area contributed by atoms with Crippen molar-refractivity contribution in [1.29, 1.82) is 0 Å². The van der Waals surface area contributed by atoms with Crippen molar-refractivity contribution in [2.24, 2.45) is 5.73 Å². The summed E-state index contributed by atoms with van der Waals surface area (Å²) in [6.07, 6.45) is 1.75. The fraction of sp³-hybridized carbons (Fsp3) is 0.364. The largest absolute Gasteiger partial charge is 0.352 e. The summed E-state index contributed by atoms with van der Waals surface area (Å²) in [5.41, 5.74) is 5.85. The van der Waals surface area contributed by atoms with Crippen molar-refractivity contribution in [3.63, 3.8) is 0 Å². The average molecular weight is 336 g/mol. The number of amides is 1. The molecule has 3 N–H and O–H groups in total. The van der Waals surface area contributed by atoms with Crippen molar-refractivity contribution >= 4 is 28.5 Å². The summed E-state index contributed by atoms with van der Waals surface area (Å²) in [4.78, 5) is 11.7. The van der Waals surface area contributed by atoms with Crippen molar-refractivity contribution in [2.45, 2.75) is 12.8 Å². The van der Waals surface area contributed by atoms with Crippen molar-refractivity contribution in [3.8, 4) is 0 Å². The predicted octanol–water partition coefficient (Wildman–Crippen LogP) is 1.90. The highest BCUT2D eigenvalue weighted by molar-refractivity contribution is 14.1. The molecule has 1 aromatic rings. The Bertz CT molecular complexity index is 371. The summed E-state index contributed by atoms with van der Waals surface area (Å²) >= 11 is 1.95. The Morgan fingerprint density at radius 1 is 1.44 bits per heavy atom. The number of nitrogens with two attached hydrogens (primary N) is 1. The molecule has 16 heavy (non-hydrogen) atoms. The highest BCUT2D eigenvalue weighted by Crippen LogP contribution is 2.13. The van der Waals surface area contributed by atoms with E-state index in [1.807, 2.05) is 22.6 Å². The van der Waals surface area contributed by atoms with Crippen LogP contribution in [0.3, 0.4) is 0 Å². The second kappa shape index (κ2) is 6.80. The molecule has 0 bridgehead atoms. The number of hydrogen-bond acceptors (Lipinski definition) is 2. The molecule has 5 heteroatoms. The third kappa shape index (κ3) is 4.05. The molecule has 0 atom stereocenters. The number of unbranched alkanes of at least 4 members (excludes halogenated alkanes) is 1. The lowest BCUT2D eigenvalue weighted by atomic mass is 10.2. The summed E-state index contributed by atoms with van der Waals surface area (Å²) < 4.78 is 13.4. The van der Waals surface area contributed by atoms with Gasteiger partial charge in [-0.1, -0.05) is 0 Å². The third-order valence-corrected chi connectivity index (χ3v) is 2.98. The van der Waals surface area contributed by atoms with E-state index in [4.69, 9.17) is 5.73 Å². The maximum atomic E-state index is 12.8. The summed E-state index contributed by atoms with van der Waals surface area (Å²) in [7, 11) is 0. The summed E-state index contributed by atoms with van der Waals surface area (Å²) in [6.45, 7) is 1.23. The molecule has 0 saturated carbocycles. The summed E-state index contributed by atoms with van der Waals surface area (Å²) in [5, 5.41) is 2.77. The highest BCUT2D eigenvalue weighted by Gasteiger charge is 2.09. The van der Waals surface area contributed by atoms with Crippen LogP contribution >= 0.6 is 22.6 Å². The Kier molecular flexibility index (Phi) is 5.68. The van der Waals surface area contributed by atoms with Crippen LogP contribution in [0.5, 0.6) is 0 Å². The van der Waals surface area contributed by atoms with Gasteiger partial charge in [0.05, 0.1) is 5.56 Å². The zero-order valence-corrected chi connectivity index (χ0v) is 11.0. The minimum atomic E-state index is -0.330. The predicted molar refractivity (Wildman–Crippen MR) is 69.7 cm³/mol. The average Bonchev–Trinajstić information content (AvgIpc) is 2.24. The normalized spacial score (nSPS) is 10.2. The monoisotopic (exact) mass is 336 g/mol. The Labute approximate surface area is 108 Å². The van der Waals surface area contributed by atoms with E-state index in [0.717, 1.165) is 12.8 Å². The summed E-state index contributed by atoms with van der Waals surface area (Å²) in [6, 6.07) is 4.13. The standard InChI is InChI=1S/C11H14FIN2O/c12-8-3-4-9(10(13)7-8)11(16)15-6-2-1-5-14/h3-4,7H,1-2,5-6,14H2,(H,15,16). The Morgan fingerprint density at radius 2 is 2.19 bits per heavy atom. The van der Waals surface area contributed by atoms with E-state index in [0.29, 0.717) is 22.2 Å². The van der Waals surface area contributed by atoms with Crippen LogP contribution in [0.2, 0.25) is 0 Å². The second-order valence-electron chi connectivity index (χ2n) is 3.38. The Balaban J connectivity index is 2.53. The van der Waals surface area contributed by atoms with Gasteiger partial charge in [-0.25, -0.2) is 4.39 Å². The Morgan fingerprint density at radius 3 is 2.81 bits per heavy atom. The van der Waals surface area contributed by atoms with Crippen LogP contribution in [0.4, 0.5) is 4.39 Å². The zero-order chi connectivity index (χ0) is 12.0. The van der Waals surface area contributed by atoms with Crippen molar-refractivity contribution in [2.75, 3.05) is 13.1 Å². The van der Waals surface area contributed by atoms with Crippen LogP contribution in [0.15, 0.2) is 18.2 Å². The molecule has 0 aliphatic heterocycles. The van der Waals surface area contributed by atoms with Crippen LogP contribution in [-0.2, 0) is 0 Å². The number of carbonyl (C=O) groups excluding carboxylic acids is 1. The van der Waals surface area contributed by atoms with Gasteiger partial charge in [-0.15, -0.1) is 0 Å². The van der Waals surface area contributed by atoms with Gasteiger partial charge in [0.25, 0.3) is 5.91 Å². The smallest absolute Gasteiger partial charge is 0.252 e. The van der Waals surface area contributed by atoms with Crippen molar-refractivity contribution in [3.05, 3.63) is 33.1 Å². The van der Waals surface area contributed by atoms with E-state index in [9.17, 15) is 9.18 Å². The van der Waals surface area contributed by atoms with Gasteiger partial charge in [-0.05, 0) is 60.2 Å². The molecule has 0 fully saturated rings. The fourth-order valence-corrected chi connectivity index (χ4v) is 1.96. The lowest BCUT2D eigenvalue weighted by Gasteiger charge is -2.06. The molecule has 88 valence electrons. The lowest BCUT2D eigenvalue weighted by molar-refractivity contribution is 0.0952. The molecular formula is C11H14FIN2O. The molecule has 1 rings (SSSR count). The first-order chi connectivity index (χ1) is 7.65. The topological polar surface area (TPSA) is 55.1 Å². The molecule has 0 saturated heterocycles. The van der Waals surface area contributed by atoms with Gasteiger partial charge in [-0.3, -0.25) is 4.79 Å². The van der Waals surface area contributed by atoms with E-state index in [1.165, 1.54) is 18.2 Å². The van der Waals surface area contributed by atoms with Crippen molar-refractivity contribution in [1.82, 2.24) is 5.32 Å². The lowest BCUT2D eigenvalue weighted by Crippen LogP contribution is -2.25. The summed E-state index contributed by atoms with van der Waals surface area (Å²) in [5.74, 6) is -0.495. The molecule has 0 aliphatic rings. The van der Waals surface area contributed by atoms with Gasteiger partial charge in [0.1, 0.15) is 5.82 Å². The molecule has 1 aromatic carbocycles. The van der Waals surface area contributed by atoms with E-state index < -0.39 is 0 Å². The maximum absolute atomic E-state index is 12.8. The molecule has 1 amide bonds. The molecule has 0 spiro atoms. The van der Waals surface area contributed by atoms with E-state index in [2.05, 4.69) is 5.32 Å². The first kappa shape index (κ1) is 13.4. The first-order valence-corrected chi connectivity index (χ1v) is 6.16. The quantitative estimate of drug-likeness (QED) is 0.637. The van der Waals surface area contributed by atoms with E-state index >= 15 is 0 Å². The van der Waals surface area contributed by atoms with Crippen LogP contribution in [0, 0.1) is 9.39 Å². The number of benzene rings is 1. The molecule has 3 nitrogen and oxygen atoms in total. The van der Waals surface area contributed by atoms with Crippen LogP contribution in [0.25, 0.3) is 0 Å². The van der Waals surface area contributed by atoms with Gasteiger partial charge in [0.15, 0.2) is 0 Å². The minimum Gasteiger partial charge on any atom is -0.352 e. The van der Waals surface area contributed by atoms with Gasteiger partial charge in [-0.2, -0.15) is 0 Å². The number of halogens is 2. The fourth-order valence-electron chi connectivity index (χ4n) is 1.24. The van der Waals surface area contributed by atoms with E-state index in [-0.39, 0.29) is 11.7 Å². The van der Waals surface area contributed by atoms with Gasteiger partial charge in [0.2, 0.25) is 0 Å². The SMILES string of the molecule is NCCCCNC(=O)c1ccc(F)cc1I. The van der Waals surface area contributed by atoms with Gasteiger partial charge >= 0.3 is 0 Å². The molecule has 0 aromatic heterocycles. The molecule has 0 radical (unpaired) electrons. The molecule has 0 heterocycles. The zero-order valence-electron chi connectivity index (χ0n) is 8.80. The van der Waals surface area contributed by atoms with Crippen LogP contribution < -0.4 is 11.1 Å². The third-order valence-electron chi connectivity index (χ3n) is 2.09. The molecule has 0 unspecified atom stereocenters. The second-order valence-corrected chi connectivity index (χ2v) is 4.54. The van der Waals surface area contributed by atoms with Gasteiger partial charge in [0, 0.05) is 10.1 Å². The molecule has 0 aliphatic carbocycles. The van der Waals surface area contributed by atoms with E-state index in [1.54, 1.807) is 0 Å². The highest BCUT2D eigenvalue weighted by atomic mass is 127. The van der Waals surface area contributed by atoms with Crippen LogP contribution in [-0.4, -0.2) is 19.0 Å². The Hall–Kier alpha value is -0.690. The number of carbonyl (C=O) groups is 1.